The number of benzene rings is 1. The molecule has 0 saturated heterocycles. The van der Waals surface area contributed by atoms with Crippen molar-refractivity contribution in [3.63, 3.8) is 0 Å². The summed E-state index contributed by atoms with van der Waals surface area (Å²) in [4.78, 5) is 32.3. The van der Waals surface area contributed by atoms with Crippen LogP contribution in [0.1, 0.15) is 29.4 Å². The van der Waals surface area contributed by atoms with E-state index in [1.165, 1.54) is 24.5 Å². The number of aryl methyl sites for hydroxylation is 2. The predicted molar refractivity (Wildman–Crippen MR) is 109 cm³/mol. The molecular weight excluding hydrogens is 378 g/mol. The third-order valence-corrected chi connectivity index (χ3v) is 4.90. The second-order valence-electron chi connectivity index (χ2n) is 6.09. The molecule has 3 aromatic rings. The van der Waals surface area contributed by atoms with Gasteiger partial charge < -0.3 is 0 Å². The van der Waals surface area contributed by atoms with Gasteiger partial charge in [0.25, 0.3) is 5.56 Å². The summed E-state index contributed by atoms with van der Waals surface area (Å²) in [6.45, 7) is 7.04. The van der Waals surface area contributed by atoms with Gasteiger partial charge >= 0.3 is 0 Å². The first-order chi connectivity index (χ1) is 13.4. The SMILES string of the molecule is CC(=O)N(c1nc(/C=N\Nc2nnc(C)c(=O)[nH]2)cs1)c1cccc(C)c1C. The van der Waals surface area contributed by atoms with E-state index in [2.05, 4.69) is 30.7 Å². The van der Waals surface area contributed by atoms with Crippen molar-refractivity contribution < 1.29 is 4.79 Å². The number of H-pyrrole nitrogens is 1. The number of aromatic amines is 1. The molecule has 1 aromatic carbocycles. The molecule has 9 nitrogen and oxygen atoms in total. The molecule has 2 N–H and O–H groups in total. The lowest BCUT2D eigenvalue weighted by atomic mass is 10.1. The second-order valence-corrected chi connectivity index (χ2v) is 6.92. The van der Waals surface area contributed by atoms with Crippen molar-refractivity contribution in [3.8, 4) is 0 Å². The highest BCUT2D eigenvalue weighted by Crippen LogP contribution is 2.32. The van der Waals surface area contributed by atoms with Crippen LogP contribution in [0.15, 0.2) is 33.5 Å². The van der Waals surface area contributed by atoms with Gasteiger partial charge in [-0.2, -0.15) is 5.10 Å². The quantitative estimate of drug-likeness (QED) is 0.505. The second kappa shape index (κ2) is 8.09. The Bertz CT molecular complexity index is 1100. The Morgan fingerprint density at radius 2 is 2.07 bits per heavy atom. The Kier molecular flexibility index (Phi) is 5.59. The maximum absolute atomic E-state index is 12.3. The largest absolute Gasteiger partial charge is 0.288 e. The number of aromatic nitrogens is 4. The molecule has 0 bridgehead atoms. The number of amides is 1. The highest BCUT2D eigenvalue weighted by Gasteiger charge is 2.19. The monoisotopic (exact) mass is 397 g/mol. The van der Waals surface area contributed by atoms with Gasteiger partial charge in [0, 0.05) is 12.3 Å². The standard InChI is InChI=1S/C18H19N7O2S/c1-10-6-5-7-15(11(10)2)25(13(4)26)18-20-14(9-28-18)8-19-23-17-21-16(27)12(3)22-24-17/h5-9H,1-4H3,(H2,21,23,24,27)/b19-8-. The number of carbonyl (C=O) groups is 1. The molecule has 0 spiro atoms. The maximum Gasteiger partial charge on any atom is 0.274 e. The van der Waals surface area contributed by atoms with E-state index in [1.54, 1.807) is 17.2 Å². The molecule has 0 unspecified atom stereocenters. The molecule has 0 aliphatic heterocycles. The lowest BCUT2D eigenvalue weighted by Crippen LogP contribution is -2.23. The van der Waals surface area contributed by atoms with E-state index in [0.29, 0.717) is 10.8 Å². The van der Waals surface area contributed by atoms with Crippen molar-refractivity contribution >= 4 is 40.2 Å². The van der Waals surface area contributed by atoms with E-state index in [1.807, 2.05) is 32.0 Å². The fourth-order valence-corrected chi connectivity index (χ4v) is 3.26. The number of hydrogen-bond donors (Lipinski definition) is 2. The number of nitrogens with zero attached hydrogens (tertiary/aromatic N) is 5. The fourth-order valence-electron chi connectivity index (χ4n) is 2.43. The molecule has 0 atom stereocenters. The van der Waals surface area contributed by atoms with Gasteiger partial charge in [0.15, 0.2) is 5.13 Å². The minimum absolute atomic E-state index is 0.128. The molecule has 0 saturated carbocycles. The summed E-state index contributed by atoms with van der Waals surface area (Å²) < 4.78 is 0. The Morgan fingerprint density at radius 1 is 1.29 bits per heavy atom. The van der Waals surface area contributed by atoms with E-state index in [4.69, 9.17) is 0 Å². The van der Waals surface area contributed by atoms with Gasteiger partial charge in [-0.3, -0.25) is 19.5 Å². The zero-order chi connectivity index (χ0) is 20.3. The summed E-state index contributed by atoms with van der Waals surface area (Å²) in [5, 5.41) is 13.8. The molecule has 1 amide bonds. The molecule has 2 heterocycles. The topological polar surface area (TPSA) is 116 Å². The van der Waals surface area contributed by atoms with Gasteiger partial charge in [-0.15, -0.1) is 21.5 Å². The first-order valence-electron chi connectivity index (χ1n) is 8.42. The van der Waals surface area contributed by atoms with Crippen molar-refractivity contribution in [2.75, 3.05) is 10.3 Å². The first-order valence-corrected chi connectivity index (χ1v) is 9.30. The Balaban J connectivity index is 1.81. The summed E-state index contributed by atoms with van der Waals surface area (Å²) in [5.41, 5.74) is 6.01. The zero-order valence-electron chi connectivity index (χ0n) is 15.8. The smallest absolute Gasteiger partial charge is 0.274 e. The minimum atomic E-state index is -0.339. The molecule has 0 radical (unpaired) electrons. The van der Waals surface area contributed by atoms with E-state index >= 15 is 0 Å². The molecule has 144 valence electrons. The van der Waals surface area contributed by atoms with Crippen LogP contribution in [-0.4, -0.2) is 32.3 Å². The molecular formula is C18H19N7O2S. The highest BCUT2D eigenvalue weighted by atomic mass is 32.1. The summed E-state index contributed by atoms with van der Waals surface area (Å²) in [6, 6.07) is 5.81. The first kappa shape index (κ1) is 19.4. The lowest BCUT2D eigenvalue weighted by molar-refractivity contribution is -0.115. The fraction of sp³-hybridized carbons (Fsp3) is 0.222. The molecule has 2 aromatic heterocycles. The van der Waals surface area contributed by atoms with Crippen molar-refractivity contribution in [2.24, 2.45) is 5.10 Å². The molecule has 0 aliphatic rings. The van der Waals surface area contributed by atoms with Crippen LogP contribution in [0.5, 0.6) is 0 Å². The van der Waals surface area contributed by atoms with Gasteiger partial charge in [-0.25, -0.2) is 10.4 Å². The maximum atomic E-state index is 12.3. The van der Waals surface area contributed by atoms with Crippen molar-refractivity contribution in [2.45, 2.75) is 27.7 Å². The lowest BCUT2D eigenvalue weighted by Gasteiger charge is -2.21. The van der Waals surface area contributed by atoms with Crippen molar-refractivity contribution in [1.29, 1.82) is 0 Å². The van der Waals surface area contributed by atoms with Crippen LogP contribution in [0, 0.1) is 20.8 Å². The number of carbonyl (C=O) groups excluding carboxylic acids is 1. The third kappa shape index (κ3) is 4.12. The number of hydrogen-bond acceptors (Lipinski definition) is 8. The van der Waals surface area contributed by atoms with Crippen LogP contribution in [0.3, 0.4) is 0 Å². The number of nitrogens with one attached hydrogen (secondary N) is 2. The summed E-state index contributed by atoms with van der Waals surface area (Å²) in [6.07, 6.45) is 1.47. The van der Waals surface area contributed by atoms with E-state index in [0.717, 1.165) is 16.8 Å². The molecule has 10 heteroatoms. The normalized spacial score (nSPS) is 11.0. The molecule has 3 rings (SSSR count). The number of thiazole rings is 1. The predicted octanol–water partition coefficient (Wildman–Crippen LogP) is 2.68. The van der Waals surface area contributed by atoms with E-state index in [9.17, 15) is 9.59 Å². The van der Waals surface area contributed by atoms with Crippen molar-refractivity contribution in [3.05, 3.63) is 56.4 Å². The van der Waals surface area contributed by atoms with Crippen molar-refractivity contribution in [1.82, 2.24) is 20.2 Å². The Labute approximate surface area is 165 Å². The Morgan fingerprint density at radius 3 is 2.79 bits per heavy atom. The number of anilines is 3. The minimum Gasteiger partial charge on any atom is -0.288 e. The van der Waals surface area contributed by atoms with Crippen LogP contribution in [0.4, 0.5) is 16.8 Å². The van der Waals surface area contributed by atoms with Gasteiger partial charge in [-0.05, 0) is 38.0 Å². The summed E-state index contributed by atoms with van der Waals surface area (Å²) in [7, 11) is 0. The summed E-state index contributed by atoms with van der Waals surface area (Å²) in [5.74, 6) is 0.000204. The van der Waals surface area contributed by atoms with Crippen LogP contribution >= 0.6 is 11.3 Å². The molecule has 0 aliphatic carbocycles. The molecule has 28 heavy (non-hydrogen) atoms. The highest BCUT2D eigenvalue weighted by molar-refractivity contribution is 7.14. The van der Waals surface area contributed by atoms with Gasteiger partial charge in [0.05, 0.1) is 17.6 Å². The Hall–Kier alpha value is -3.40. The van der Waals surface area contributed by atoms with Crippen LogP contribution in [0.2, 0.25) is 0 Å². The van der Waals surface area contributed by atoms with Crippen LogP contribution in [0.25, 0.3) is 0 Å². The molecule has 0 fully saturated rings. The average molecular weight is 397 g/mol. The third-order valence-electron chi connectivity index (χ3n) is 4.06. The van der Waals surface area contributed by atoms with Gasteiger partial charge in [0.1, 0.15) is 5.69 Å². The number of hydrazone groups is 1. The van der Waals surface area contributed by atoms with Gasteiger partial charge in [-0.1, -0.05) is 12.1 Å². The van der Waals surface area contributed by atoms with Crippen LogP contribution in [-0.2, 0) is 4.79 Å². The summed E-state index contributed by atoms with van der Waals surface area (Å²) >= 11 is 1.34. The van der Waals surface area contributed by atoms with Gasteiger partial charge in [0.2, 0.25) is 11.9 Å². The van der Waals surface area contributed by atoms with Crippen LogP contribution < -0.4 is 15.9 Å². The average Bonchev–Trinajstić information content (AvgIpc) is 3.10. The van der Waals surface area contributed by atoms with E-state index in [-0.39, 0.29) is 23.1 Å². The zero-order valence-corrected chi connectivity index (χ0v) is 16.7. The number of rotatable bonds is 5. The van der Waals surface area contributed by atoms with E-state index < -0.39 is 0 Å².